The molecule has 9 aromatic carbocycles. The summed E-state index contributed by atoms with van der Waals surface area (Å²) in [5.41, 5.74) is 6.54. The molecule has 2 heterocycles. The molecule has 0 atom stereocenters. The van der Waals surface area contributed by atoms with Gasteiger partial charge in [0.05, 0.1) is 11.0 Å². The van der Waals surface area contributed by atoms with Crippen LogP contribution in [0.15, 0.2) is 158 Å². The Morgan fingerprint density at radius 1 is 0.292 bits per heavy atom. The van der Waals surface area contributed by atoms with Gasteiger partial charge in [0.25, 0.3) is 0 Å². The van der Waals surface area contributed by atoms with Crippen LogP contribution in [0.2, 0.25) is 0 Å². The van der Waals surface area contributed by atoms with Crippen molar-refractivity contribution in [3.63, 3.8) is 0 Å². The Kier molecular flexibility index (Phi) is 5.14. The molecule has 0 aliphatic rings. The van der Waals surface area contributed by atoms with E-state index in [0.717, 1.165) is 32.9 Å². The molecule has 2 nitrogen and oxygen atoms in total. The number of rotatable bonds is 2. The summed E-state index contributed by atoms with van der Waals surface area (Å²) in [5.74, 6) is 0. The highest BCUT2D eigenvalue weighted by Gasteiger charge is 2.16. The molecule has 0 aliphatic carbocycles. The average Bonchev–Trinajstić information content (AvgIpc) is 3.15. The molecule has 2 heteroatoms. The minimum atomic E-state index is 0.939. The van der Waals surface area contributed by atoms with Gasteiger partial charge in [-0.05, 0) is 106 Å². The number of aromatic nitrogens is 2. The molecule has 11 aromatic rings. The number of nitrogens with zero attached hydrogens (tertiary/aromatic N) is 2. The zero-order valence-electron chi connectivity index (χ0n) is 25.9. The highest BCUT2D eigenvalue weighted by atomic mass is 14.7. The summed E-state index contributed by atoms with van der Waals surface area (Å²) in [7, 11) is 0. The molecule has 48 heavy (non-hydrogen) atoms. The number of hydrogen-bond donors (Lipinski definition) is 0. The van der Waals surface area contributed by atoms with E-state index in [1.807, 2.05) is 18.5 Å². The SMILES string of the molecule is c1cnc2c(c1)ccc1cc(-c3ccc(-c4cc5ccc6cccc7c8cccc9ccc%10cccc(c(c4)c5c67)c%10c98)cc3)cnc12. The molecule has 0 spiro atoms. The molecule has 0 amide bonds. The Morgan fingerprint density at radius 3 is 1.44 bits per heavy atom. The Hall–Kier alpha value is -6.38. The first-order valence-corrected chi connectivity index (χ1v) is 16.5. The third-order valence-electron chi connectivity index (χ3n) is 10.4. The minimum absolute atomic E-state index is 0.939. The fraction of sp³-hybridized carbons (Fsp3) is 0. The lowest BCUT2D eigenvalue weighted by Crippen LogP contribution is -1.89. The van der Waals surface area contributed by atoms with Crippen LogP contribution in [0.25, 0.3) is 109 Å². The molecule has 0 unspecified atom stereocenters. The lowest BCUT2D eigenvalue weighted by Gasteiger charge is -2.17. The lowest BCUT2D eigenvalue weighted by atomic mass is 9.86. The second-order valence-electron chi connectivity index (χ2n) is 13.0. The molecule has 0 radical (unpaired) electrons. The van der Waals surface area contributed by atoms with E-state index in [0.29, 0.717) is 0 Å². The van der Waals surface area contributed by atoms with Crippen LogP contribution in [0.1, 0.15) is 0 Å². The van der Waals surface area contributed by atoms with Gasteiger partial charge in [-0.25, -0.2) is 0 Å². The maximum Gasteiger partial charge on any atom is 0.0964 e. The second kappa shape index (κ2) is 9.57. The van der Waals surface area contributed by atoms with Crippen LogP contribution in [-0.2, 0) is 0 Å². The molecule has 0 saturated carbocycles. The van der Waals surface area contributed by atoms with Crippen molar-refractivity contribution < 1.29 is 0 Å². The summed E-state index contributed by atoms with van der Waals surface area (Å²) >= 11 is 0. The minimum Gasteiger partial charge on any atom is -0.254 e. The van der Waals surface area contributed by atoms with Crippen LogP contribution in [0, 0.1) is 0 Å². The molecule has 0 fully saturated rings. The average molecular weight is 607 g/mol. The Bertz CT molecular complexity index is 3100. The third kappa shape index (κ3) is 3.57. The van der Waals surface area contributed by atoms with E-state index >= 15 is 0 Å². The van der Waals surface area contributed by atoms with Crippen molar-refractivity contribution in [2.45, 2.75) is 0 Å². The number of fused-ring (bicyclic) bond motifs is 5. The summed E-state index contributed by atoms with van der Waals surface area (Å²) in [6.45, 7) is 0. The van der Waals surface area contributed by atoms with Gasteiger partial charge in [0.15, 0.2) is 0 Å². The molecular weight excluding hydrogens is 581 g/mol. The highest BCUT2D eigenvalue weighted by Crippen LogP contribution is 2.44. The van der Waals surface area contributed by atoms with E-state index in [4.69, 9.17) is 4.98 Å². The summed E-state index contributed by atoms with van der Waals surface area (Å²) in [4.78, 5) is 9.45. The Labute approximate surface area is 275 Å². The molecular formula is C46H26N2. The summed E-state index contributed by atoms with van der Waals surface area (Å²) in [6, 6.07) is 53.7. The summed E-state index contributed by atoms with van der Waals surface area (Å²) in [6.07, 6.45) is 3.81. The van der Waals surface area contributed by atoms with Gasteiger partial charge in [0, 0.05) is 28.7 Å². The molecule has 0 N–H and O–H groups in total. The molecule has 2 aromatic heterocycles. The Balaban J connectivity index is 1.16. The normalized spacial score (nSPS) is 12.2. The van der Waals surface area contributed by atoms with Gasteiger partial charge in [-0.1, -0.05) is 121 Å². The third-order valence-corrected chi connectivity index (χ3v) is 10.4. The first kappa shape index (κ1) is 25.8. The van der Waals surface area contributed by atoms with Crippen molar-refractivity contribution >= 4 is 86.4 Å². The Morgan fingerprint density at radius 2 is 0.771 bits per heavy atom. The van der Waals surface area contributed by atoms with Crippen LogP contribution in [0.5, 0.6) is 0 Å². The first-order chi connectivity index (χ1) is 23.8. The van der Waals surface area contributed by atoms with Crippen molar-refractivity contribution in [2.75, 3.05) is 0 Å². The van der Waals surface area contributed by atoms with E-state index in [1.165, 1.54) is 75.8 Å². The van der Waals surface area contributed by atoms with Gasteiger partial charge in [-0.3, -0.25) is 9.97 Å². The fourth-order valence-corrected chi connectivity index (χ4v) is 8.20. The zero-order valence-corrected chi connectivity index (χ0v) is 25.9. The quantitative estimate of drug-likeness (QED) is 0.183. The van der Waals surface area contributed by atoms with Gasteiger partial charge in [0.2, 0.25) is 0 Å². The van der Waals surface area contributed by atoms with Gasteiger partial charge in [0.1, 0.15) is 0 Å². The van der Waals surface area contributed by atoms with E-state index in [-0.39, 0.29) is 0 Å². The van der Waals surface area contributed by atoms with Gasteiger partial charge in [-0.15, -0.1) is 0 Å². The molecule has 0 saturated heterocycles. The number of benzene rings is 8. The highest BCUT2D eigenvalue weighted by molar-refractivity contribution is 6.37. The molecule has 11 rings (SSSR count). The number of hydrogen-bond acceptors (Lipinski definition) is 2. The predicted molar refractivity (Wildman–Crippen MR) is 204 cm³/mol. The molecule has 220 valence electrons. The standard InChI is InChI=1S/C46H26N2/c1-5-29-16-17-30-7-3-11-39-40-25-35(23-33-20-18-31-6-2-10-38(42(31)44(33)40)37(9-1)41(29)43(30)39)27-12-14-28(15-13-27)36-24-34-21-19-32-8-4-22-47-45(32)46(34)48-26-36/h1-26H. The van der Waals surface area contributed by atoms with Gasteiger partial charge >= 0.3 is 0 Å². The van der Waals surface area contributed by atoms with Gasteiger partial charge in [-0.2, -0.15) is 0 Å². The second-order valence-corrected chi connectivity index (χ2v) is 13.0. The largest absolute Gasteiger partial charge is 0.254 e. The van der Waals surface area contributed by atoms with Crippen LogP contribution in [0.3, 0.4) is 0 Å². The smallest absolute Gasteiger partial charge is 0.0964 e. The fourth-order valence-electron chi connectivity index (χ4n) is 8.20. The number of pyridine rings is 2. The summed E-state index contributed by atoms with van der Waals surface area (Å²) in [5, 5.41) is 17.8. The van der Waals surface area contributed by atoms with Crippen molar-refractivity contribution in [3.8, 4) is 22.3 Å². The summed E-state index contributed by atoms with van der Waals surface area (Å²) < 4.78 is 0. The maximum atomic E-state index is 4.86. The zero-order chi connectivity index (χ0) is 31.3. The van der Waals surface area contributed by atoms with Crippen molar-refractivity contribution in [3.05, 3.63) is 158 Å². The van der Waals surface area contributed by atoms with E-state index < -0.39 is 0 Å². The van der Waals surface area contributed by atoms with Crippen LogP contribution >= 0.6 is 0 Å². The van der Waals surface area contributed by atoms with Crippen LogP contribution in [0.4, 0.5) is 0 Å². The van der Waals surface area contributed by atoms with Crippen LogP contribution in [-0.4, -0.2) is 9.97 Å². The molecule has 0 aliphatic heterocycles. The van der Waals surface area contributed by atoms with Crippen LogP contribution < -0.4 is 0 Å². The van der Waals surface area contributed by atoms with E-state index in [1.54, 1.807) is 0 Å². The van der Waals surface area contributed by atoms with Crippen molar-refractivity contribution in [2.24, 2.45) is 0 Å². The lowest BCUT2D eigenvalue weighted by molar-refractivity contribution is 1.37. The van der Waals surface area contributed by atoms with E-state index in [9.17, 15) is 0 Å². The predicted octanol–water partition coefficient (Wildman–Crippen LogP) is 12.5. The molecule has 0 bridgehead atoms. The monoisotopic (exact) mass is 606 g/mol. The van der Waals surface area contributed by atoms with Crippen molar-refractivity contribution in [1.82, 2.24) is 9.97 Å². The van der Waals surface area contributed by atoms with Crippen molar-refractivity contribution in [1.29, 1.82) is 0 Å². The maximum absolute atomic E-state index is 4.86. The first-order valence-electron chi connectivity index (χ1n) is 16.5. The topological polar surface area (TPSA) is 25.8 Å². The van der Waals surface area contributed by atoms with Gasteiger partial charge < -0.3 is 0 Å². The van der Waals surface area contributed by atoms with E-state index in [2.05, 4.69) is 145 Å².